The third-order valence-corrected chi connectivity index (χ3v) is 6.97. The Bertz CT molecular complexity index is 698. The molecule has 4 rings (SSSR count). The van der Waals surface area contributed by atoms with E-state index in [1.807, 2.05) is 6.07 Å². The Morgan fingerprint density at radius 2 is 1.76 bits per heavy atom. The summed E-state index contributed by atoms with van der Waals surface area (Å²) in [5, 5.41) is 3.29. The Kier molecular flexibility index (Phi) is 6.86. The van der Waals surface area contributed by atoms with Crippen LogP contribution in [0.3, 0.4) is 0 Å². The second kappa shape index (κ2) is 9.75. The molecule has 5 heteroatoms. The molecule has 4 nitrogen and oxygen atoms in total. The zero-order chi connectivity index (χ0) is 20.1. The molecule has 0 unspecified atom stereocenters. The minimum atomic E-state index is -0.156. The van der Waals surface area contributed by atoms with Crippen molar-refractivity contribution < 1.29 is 9.18 Å². The lowest BCUT2D eigenvalue weighted by Gasteiger charge is -2.37. The van der Waals surface area contributed by atoms with Gasteiger partial charge in [0.25, 0.3) is 0 Å². The van der Waals surface area contributed by atoms with Crippen LogP contribution in [0.25, 0.3) is 0 Å². The standard InChI is InChI=1S/C24H34FN3O/c25-21-6-3-7-23(18-21)28-16-14-27(15-17-28)13-12-19-8-10-22(11-9-19)26-24(29)20-4-1-2-5-20/h1-3,6-7,18-20,22H,4-5,8-17H2,(H,26,29). The van der Waals surface area contributed by atoms with E-state index >= 15 is 0 Å². The zero-order valence-electron chi connectivity index (χ0n) is 17.4. The number of piperazine rings is 1. The normalized spacial score (nSPS) is 26.0. The molecule has 1 aromatic rings. The number of nitrogens with one attached hydrogen (secondary N) is 1. The summed E-state index contributed by atoms with van der Waals surface area (Å²) in [6.45, 7) is 5.21. The van der Waals surface area contributed by atoms with Crippen molar-refractivity contribution in [3.8, 4) is 0 Å². The van der Waals surface area contributed by atoms with E-state index in [0.717, 1.165) is 70.0 Å². The van der Waals surface area contributed by atoms with Gasteiger partial charge < -0.3 is 10.2 Å². The Morgan fingerprint density at radius 3 is 2.45 bits per heavy atom. The van der Waals surface area contributed by atoms with E-state index in [0.29, 0.717) is 6.04 Å². The lowest BCUT2D eigenvalue weighted by molar-refractivity contribution is -0.125. The Hall–Kier alpha value is -1.88. The van der Waals surface area contributed by atoms with Crippen LogP contribution in [-0.4, -0.2) is 49.6 Å². The van der Waals surface area contributed by atoms with E-state index in [9.17, 15) is 9.18 Å². The number of hydrogen-bond acceptors (Lipinski definition) is 3. The molecule has 0 bridgehead atoms. The van der Waals surface area contributed by atoms with Gasteiger partial charge in [0.1, 0.15) is 5.82 Å². The minimum Gasteiger partial charge on any atom is -0.369 e. The third kappa shape index (κ3) is 5.59. The third-order valence-electron chi connectivity index (χ3n) is 6.97. The molecule has 1 aliphatic heterocycles. The maximum atomic E-state index is 13.4. The molecule has 29 heavy (non-hydrogen) atoms. The predicted octanol–water partition coefficient (Wildman–Crippen LogP) is 3.98. The van der Waals surface area contributed by atoms with E-state index in [4.69, 9.17) is 0 Å². The molecule has 3 aliphatic rings. The SMILES string of the molecule is O=C(NC1CCC(CCN2CCN(c3cccc(F)c3)CC2)CC1)C1CC=CC1. The molecule has 0 aromatic heterocycles. The van der Waals surface area contributed by atoms with Gasteiger partial charge in [-0.2, -0.15) is 0 Å². The summed E-state index contributed by atoms with van der Waals surface area (Å²) in [6.07, 6.45) is 12.1. The average Bonchev–Trinajstić information content (AvgIpc) is 3.29. The van der Waals surface area contributed by atoms with E-state index in [2.05, 4.69) is 27.3 Å². The highest BCUT2D eigenvalue weighted by molar-refractivity contribution is 5.79. The largest absolute Gasteiger partial charge is 0.369 e. The first-order valence-corrected chi connectivity index (χ1v) is 11.4. The molecule has 1 saturated carbocycles. The van der Waals surface area contributed by atoms with E-state index < -0.39 is 0 Å². The van der Waals surface area contributed by atoms with E-state index in [1.54, 1.807) is 12.1 Å². The van der Waals surface area contributed by atoms with Gasteiger partial charge in [-0.1, -0.05) is 18.2 Å². The summed E-state index contributed by atoms with van der Waals surface area (Å²) in [5.41, 5.74) is 0.999. The number of nitrogens with zero attached hydrogens (tertiary/aromatic N) is 2. The number of carbonyl (C=O) groups excluding carboxylic acids is 1. The Labute approximate surface area is 174 Å². The van der Waals surface area contributed by atoms with Gasteiger partial charge in [-0.05, 0) is 75.6 Å². The fourth-order valence-corrected chi connectivity index (χ4v) is 5.01. The Morgan fingerprint density at radius 1 is 1.03 bits per heavy atom. The second-order valence-corrected chi connectivity index (χ2v) is 8.96. The van der Waals surface area contributed by atoms with Crippen LogP contribution >= 0.6 is 0 Å². The van der Waals surface area contributed by atoms with Gasteiger partial charge in [0.2, 0.25) is 5.91 Å². The van der Waals surface area contributed by atoms with Gasteiger partial charge >= 0.3 is 0 Å². The fourth-order valence-electron chi connectivity index (χ4n) is 5.01. The maximum absolute atomic E-state index is 13.4. The maximum Gasteiger partial charge on any atom is 0.223 e. The molecule has 1 amide bonds. The quantitative estimate of drug-likeness (QED) is 0.735. The van der Waals surface area contributed by atoms with Crippen molar-refractivity contribution in [1.29, 1.82) is 0 Å². The van der Waals surface area contributed by atoms with E-state index in [1.165, 1.54) is 25.3 Å². The van der Waals surface area contributed by atoms with Crippen molar-refractivity contribution in [2.75, 3.05) is 37.6 Å². The highest BCUT2D eigenvalue weighted by Gasteiger charge is 2.26. The second-order valence-electron chi connectivity index (χ2n) is 8.96. The highest BCUT2D eigenvalue weighted by Crippen LogP contribution is 2.28. The number of benzene rings is 1. The van der Waals surface area contributed by atoms with Crippen molar-refractivity contribution in [2.45, 2.75) is 51.0 Å². The minimum absolute atomic E-state index is 0.156. The predicted molar refractivity (Wildman–Crippen MR) is 115 cm³/mol. The van der Waals surface area contributed by atoms with Gasteiger partial charge in [-0.15, -0.1) is 0 Å². The molecule has 2 fully saturated rings. The van der Waals surface area contributed by atoms with Crippen molar-refractivity contribution in [1.82, 2.24) is 10.2 Å². The van der Waals surface area contributed by atoms with Gasteiger partial charge in [0.05, 0.1) is 0 Å². The highest BCUT2D eigenvalue weighted by atomic mass is 19.1. The number of anilines is 1. The van der Waals surface area contributed by atoms with Gasteiger partial charge in [0, 0.05) is 43.8 Å². The molecule has 1 N–H and O–H groups in total. The first-order chi connectivity index (χ1) is 14.2. The topological polar surface area (TPSA) is 35.6 Å². The smallest absolute Gasteiger partial charge is 0.223 e. The summed E-state index contributed by atoms with van der Waals surface area (Å²) >= 11 is 0. The summed E-state index contributed by atoms with van der Waals surface area (Å²) < 4.78 is 13.4. The van der Waals surface area contributed by atoms with Gasteiger partial charge in [-0.25, -0.2) is 4.39 Å². The summed E-state index contributed by atoms with van der Waals surface area (Å²) in [5.74, 6) is 1.07. The fraction of sp³-hybridized carbons (Fsp3) is 0.625. The number of hydrogen-bond donors (Lipinski definition) is 1. The molecule has 1 aromatic carbocycles. The van der Waals surface area contributed by atoms with Crippen molar-refractivity contribution >= 4 is 11.6 Å². The van der Waals surface area contributed by atoms with Crippen LogP contribution in [0.2, 0.25) is 0 Å². The molecule has 1 saturated heterocycles. The van der Waals surface area contributed by atoms with Crippen LogP contribution < -0.4 is 10.2 Å². The lowest BCUT2D eigenvalue weighted by atomic mass is 9.83. The first kappa shape index (κ1) is 20.4. The molecular weight excluding hydrogens is 365 g/mol. The molecular formula is C24H34FN3O. The number of carbonyl (C=O) groups is 1. The summed E-state index contributed by atoms with van der Waals surface area (Å²) in [7, 11) is 0. The van der Waals surface area contributed by atoms with Crippen molar-refractivity contribution in [3.63, 3.8) is 0 Å². The van der Waals surface area contributed by atoms with Crippen molar-refractivity contribution in [3.05, 3.63) is 42.2 Å². The van der Waals surface area contributed by atoms with Gasteiger partial charge in [0.15, 0.2) is 0 Å². The van der Waals surface area contributed by atoms with Crippen LogP contribution in [0.15, 0.2) is 36.4 Å². The molecule has 0 radical (unpaired) electrons. The molecule has 1 heterocycles. The lowest BCUT2D eigenvalue weighted by Crippen LogP contribution is -2.47. The average molecular weight is 400 g/mol. The summed E-state index contributed by atoms with van der Waals surface area (Å²) in [4.78, 5) is 17.1. The summed E-state index contributed by atoms with van der Waals surface area (Å²) in [6, 6.07) is 7.32. The molecule has 0 atom stereocenters. The van der Waals surface area contributed by atoms with Crippen LogP contribution in [0, 0.1) is 17.7 Å². The van der Waals surface area contributed by atoms with Gasteiger partial charge in [-0.3, -0.25) is 9.69 Å². The van der Waals surface area contributed by atoms with E-state index in [-0.39, 0.29) is 17.6 Å². The molecule has 158 valence electrons. The van der Waals surface area contributed by atoms with Crippen molar-refractivity contribution in [2.24, 2.45) is 11.8 Å². The van der Waals surface area contributed by atoms with Crippen LogP contribution in [-0.2, 0) is 4.79 Å². The molecule has 0 spiro atoms. The molecule has 2 aliphatic carbocycles. The number of rotatable bonds is 6. The number of amides is 1. The zero-order valence-corrected chi connectivity index (χ0v) is 17.4. The number of halogens is 1. The first-order valence-electron chi connectivity index (χ1n) is 11.4. The number of allylic oxidation sites excluding steroid dienone is 2. The Balaban J connectivity index is 1.12. The van der Waals surface area contributed by atoms with Crippen LogP contribution in [0.4, 0.5) is 10.1 Å². The van der Waals surface area contributed by atoms with Crippen LogP contribution in [0.1, 0.15) is 44.9 Å². The monoisotopic (exact) mass is 399 g/mol. The van der Waals surface area contributed by atoms with Crippen LogP contribution in [0.5, 0.6) is 0 Å².